The molecule has 1 atom stereocenters. The van der Waals surface area contributed by atoms with Crippen LogP contribution in [0, 0.1) is 12.7 Å². The Kier molecular flexibility index (Phi) is 3.02. The van der Waals surface area contributed by atoms with Gasteiger partial charge in [0.05, 0.1) is 12.3 Å². The van der Waals surface area contributed by atoms with Crippen LogP contribution < -0.4 is 5.56 Å². The fraction of sp³-hybridized carbons (Fsp3) is 0.600. The number of rotatable bonds is 1. The van der Waals surface area contributed by atoms with Gasteiger partial charge in [-0.3, -0.25) is 4.79 Å². The second kappa shape index (κ2) is 4.31. The van der Waals surface area contributed by atoms with Gasteiger partial charge in [0, 0.05) is 13.1 Å². The summed E-state index contributed by atoms with van der Waals surface area (Å²) in [5, 5.41) is 0. The van der Waals surface area contributed by atoms with E-state index in [1.54, 1.807) is 0 Å². The number of halogens is 1. The topological polar surface area (TPSA) is 58.2 Å². The normalized spacial score (nSPS) is 22.3. The van der Waals surface area contributed by atoms with Crippen molar-refractivity contribution in [2.24, 2.45) is 0 Å². The van der Waals surface area contributed by atoms with Gasteiger partial charge >= 0.3 is 0 Å². The highest BCUT2D eigenvalue weighted by Gasteiger charge is 2.22. The lowest BCUT2D eigenvalue weighted by Gasteiger charge is -2.29. The number of ether oxygens (including phenoxy) is 1. The standard InChI is InChI=1S/C10H14FN3O2/c1-6-8(11)10(15)13-9(12-6)7-5-14(2)3-4-16-7/h7H,3-5H2,1-2H3,(H,12,13,15). The minimum Gasteiger partial charge on any atom is -0.368 e. The molecule has 2 rings (SSSR count). The molecule has 6 heteroatoms. The van der Waals surface area contributed by atoms with Crippen molar-refractivity contribution < 1.29 is 9.13 Å². The number of aromatic nitrogens is 2. The second-order valence-electron chi connectivity index (χ2n) is 3.97. The lowest BCUT2D eigenvalue weighted by molar-refractivity contribution is -0.0257. The van der Waals surface area contributed by atoms with Gasteiger partial charge in [-0.25, -0.2) is 4.98 Å². The zero-order valence-electron chi connectivity index (χ0n) is 9.29. The van der Waals surface area contributed by atoms with E-state index in [4.69, 9.17) is 4.74 Å². The number of aromatic amines is 1. The third-order valence-electron chi connectivity index (χ3n) is 2.62. The maximum atomic E-state index is 13.1. The van der Waals surface area contributed by atoms with Crippen molar-refractivity contribution in [2.75, 3.05) is 26.7 Å². The summed E-state index contributed by atoms with van der Waals surface area (Å²) in [7, 11) is 1.96. The van der Waals surface area contributed by atoms with Crippen molar-refractivity contribution in [1.82, 2.24) is 14.9 Å². The first-order valence-corrected chi connectivity index (χ1v) is 5.14. The summed E-state index contributed by atoms with van der Waals surface area (Å²) in [6.45, 7) is 3.55. The van der Waals surface area contributed by atoms with Crippen molar-refractivity contribution >= 4 is 0 Å². The lowest BCUT2D eigenvalue weighted by Crippen LogP contribution is -2.37. The summed E-state index contributed by atoms with van der Waals surface area (Å²) in [5.74, 6) is -0.427. The molecule has 0 aromatic carbocycles. The Morgan fingerprint density at radius 3 is 3.00 bits per heavy atom. The van der Waals surface area contributed by atoms with Crippen LogP contribution in [0.5, 0.6) is 0 Å². The van der Waals surface area contributed by atoms with Crippen LogP contribution in [0.1, 0.15) is 17.6 Å². The Bertz CT molecular complexity index is 446. The molecule has 1 aromatic heterocycles. The lowest BCUT2D eigenvalue weighted by atomic mass is 10.2. The summed E-state index contributed by atoms with van der Waals surface area (Å²) in [5.41, 5.74) is -0.630. The maximum Gasteiger partial charge on any atom is 0.287 e. The van der Waals surface area contributed by atoms with Gasteiger partial charge < -0.3 is 14.6 Å². The number of hydrogen-bond donors (Lipinski definition) is 1. The quantitative estimate of drug-likeness (QED) is 0.745. The molecule has 1 N–H and O–H groups in total. The molecule has 1 saturated heterocycles. The van der Waals surface area contributed by atoms with Crippen LogP contribution in [0.25, 0.3) is 0 Å². The predicted molar refractivity (Wildman–Crippen MR) is 55.7 cm³/mol. The summed E-state index contributed by atoms with van der Waals surface area (Å²) < 4.78 is 18.6. The number of hydrogen-bond acceptors (Lipinski definition) is 4. The van der Waals surface area contributed by atoms with Gasteiger partial charge in [-0.05, 0) is 14.0 Å². The first-order chi connectivity index (χ1) is 7.58. The Morgan fingerprint density at radius 1 is 1.62 bits per heavy atom. The molecule has 88 valence electrons. The van der Waals surface area contributed by atoms with E-state index in [0.717, 1.165) is 6.54 Å². The van der Waals surface area contributed by atoms with Crippen molar-refractivity contribution in [1.29, 1.82) is 0 Å². The van der Waals surface area contributed by atoms with E-state index < -0.39 is 11.4 Å². The van der Waals surface area contributed by atoms with Crippen molar-refractivity contribution in [3.05, 3.63) is 27.7 Å². The minimum absolute atomic E-state index is 0.107. The Morgan fingerprint density at radius 2 is 2.38 bits per heavy atom. The zero-order chi connectivity index (χ0) is 11.7. The molecular weight excluding hydrogens is 213 g/mol. The smallest absolute Gasteiger partial charge is 0.287 e. The molecule has 2 heterocycles. The van der Waals surface area contributed by atoms with Gasteiger partial charge in [-0.15, -0.1) is 0 Å². The van der Waals surface area contributed by atoms with Crippen molar-refractivity contribution in [3.8, 4) is 0 Å². The van der Waals surface area contributed by atoms with Crippen LogP contribution in [-0.4, -0.2) is 41.6 Å². The zero-order valence-corrected chi connectivity index (χ0v) is 9.29. The maximum absolute atomic E-state index is 13.1. The van der Waals surface area contributed by atoms with E-state index in [9.17, 15) is 9.18 Å². The number of nitrogens with one attached hydrogen (secondary N) is 1. The van der Waals surface area contributed by atoms with Crippen LogP contribution >= 0.6 is 0 Å². The SMILES string of the molecule is Cc1nc(C2CN(C)CCO2)[nH]c(=O)c1F. The molecule has 0 amide bonds. The summed E-state index contributed by atoms with van der Waals surface area (Å²) in [6.07, 6.45) is -0.286. The average molecular weight is 227 g/mol. The first-order valence-electron chi connectivity index (χ1n) is 5.14. The molecule has 1 fully saturated rings. The molecule has 0 spiro atoms. The van der Waals surface area contributed by atoms with E-state index in [0.29, 0.717) is 19.0 Å². The average Bonchev–Trinajstić information content (AvgIpc) is 2.25. The van der Waals surface area contributed by atoms with Gasteiger partial charge in [0.15, 0.2) is 0 Å². The van der Waals surface area contributed by atoms with Crippen LogP contribution in [-0.2, 0) is 4.74 Å². The van der Waals surface area contributed by atoms with Crippen LogP contribution in [0.3, 0.4) is 0 Å². The Balaban J connectivity index is 2.30. The van der Waals surface area contributed by atoms with E-state index >= 15 is 0 Å². The highest BCUT2D eigenvalue weighted by atomic mass is 19.1. The highest BCUT2D eigenvalue weighted by molar-refractivity contribution is 5.06. The molecule has 16 heavy (non-hydrogen) atoms. The number of nitrogens with zero attached hydrogens (tertiary/aromatic N) is 2. The van der Waals surface area contributed by atoms with E-state index in [2.05, 4.69) is 14.9 Å². The number of aryl methyl sites for hydroxylation is 1. The van der Waals surface area contributed by atoms with Gasteiger partial charge in [-0.2, -0.15) is 4.39 Å². The van der Waals surface area contributed by atoms with Gasteiger partial charge in [0.2, 0.25) is 5.82 Å². The monoisotopic (exact) mass is 227 g/mol. The Labute approximate surface area is 92.3 Å². The second-order valence-corrected chi connectivity index (χ2v) is 3.97. The highest BCUT2D eigenvalue weighted by Crippen LogP contribution is 2.17. The van der Waals surface area contributed by atoms with Crippen molar-refractivity contribution in [2.45, 2.75) is 13.0 Å². The molecule has 1 aromatic rings. The molecule has 0 bridgehead atoms. The predicted octanol–water partition coefficient (Wildman–Crippen LogP) is 0.221. The minimum atomic E-state index is -0.826. The fourth-order valence-electron chi connectivity index (χ4n) is 1.69. The largest absolute Gasteiger partial charge is 0.368 e. The van der Waals surface area contributed by atoms with Crippen LogP contribution in [0.15, 0.2) is 4.79 Å². The molecule has 5 nitrogen and oxygen atoms in total. The third kappa shape index (κ3) is 2.12. The van der Waals surface area contributed by atoms with Crippen LogP contribution in [0.2, 0.25) is 0 Å². The fourth-order valence-corrected chi connectivity index (χ4v) is 1.69. The molecule has 0 aliphatic carbocycles. The number of morpholine rings is 1. The van der Waals surface area contributed by atoms with Crippen molar-refractivity contribution in [3.63, 3.8) is 0 Å². The van der Waals surface area contributed by atoms with E-state index in [-0.39, 0.29) is 11.8 Å². The number of likely N-dealkylation sites (N-methyl/N-ethyl adjacent to an activating group) is 1. The van der Waals surface area contributed by atoms with Gasteiger partial charge in [0.25, 0.3) is 5.56 Å². The van der Waals surface area contributed by atoms with E-state index in [1.807, 2.05) is 7.05 Å². The molecular formula is C10H14FN3O2. The summed E-state index contributed by atoms with van der Waals surface area (Å²) in [4.78, 5) is 19.7. The molecule has 0 radical (unpaired) electrons. The molecule has 0 saturated carbocycles. The summed E-state index contributed by atoms with van der Waals surface area (Å²) >= 11 is 0. The number of H-pyrrole nitrogens is 1. The van der Waals surface area contributed by atoms with Gasteiger partial charge in [-0.1, -0.05) is 0 Å². The Hall–Kier alpha value is -1.27. The molecule has 1 aliphatic heterocycles. The molecule has 1 aliphatic rings. The van der Waals surface area contributed by atoms with Gasteiger partial charge in [0.1, 0.15) is 11.9 Å². The van der Waals surface area contributed by atoms with Crippen LogP contribution in [0.4, 0.5) is 4.39 Å². The molecule has 1 unspecified atom stereocenters. The van der Waals surface area contributed by atoms with E-state index in [1.165, 1.54) is 6.92 Å². The first kappa shape index (κ1) is 11.2. The summed E-state index contributed by atoms with van der Waals surface area (Å²) in [6, 6.07) is 0. The third-order valence-corrected chi connectivity index (χ3v) is 2.62.